The Kier molecular flexibility index (Phi) is 10.6. The predicted molar refractivity (Wildman–Crippen MR) is 171 cm³/mol. The number of nitrogens with zero attached hydrogens (tertiary/aromatic N) is 1. The lowest BCUT2D eigenvalue weighted by Gasteiger charge is -2.48. The van der Waals surface area contributed by atoms with Gasteiger partial charge in [0.25, 0.3) is 0 Å². The molecule has 0 fully saturated rings. The third kappa shape index (κ3) is 6.31. The van der Waals surface area contributed by atoms with E-state index in [0.717, 1.165) is 28.1 Å². The van der Waals surface area contributed by atoms with E-state index in [-0.39, 0.29) is 0 Å². The average Bonchev–Trinajstić information content (AvgIpc) is 3.03. The molecule has 0 heterocycles. The summed E-state index contributed by atoms with van der Waals surface area (Å²) in [5, 5.41) is 4.36. The Morgan fingerprint density at radius 1 is 0.714 bits per heavy atom. The van der Waals surface area contributed by atoms with Gasteiger partial charge in [-0.25, -0.2) is 0 Å². The van der Waals surface area contributed by atoms with Crippen LogP contribution < -0.4 is 10.2 Å². The summed E-state index contributed by atoms with van der Waals surface area (Å²) < 4.78 is 16.4. The van der Waals surface area contributed by atoms with Crippen molar-refractivity contribution in [3.8, 4) is 0 Å². The van der Waals surface area contributed by atoms with Crippen molar-refractivity contribution in [3.63, 3.8) is 0 Å². The molecular weight excluding hydrogens is 548 g/mol. The molecule has 4 rings (SSSR count). The predicted octanol–water partition coefficient (Wildman–Crippen LogP) is 6.93. The number of methoxy groups -OCH3 is 3. The van der Waals surface area contributed by atoms with Crippen LogP contribution >= 0.6 is 11.6 Å². The van der Waals surface area contributed by atoms with E-state index >= 15 is 0 Å². The largest absolute Gasteiger partial charge is 0.468 e. The molecule has 0 spiro atoms. The lowest BCUT2D eigenvalue weighted by Crippen LogP contribution is -2.58. The van der Waals surface area contributed by atoms with Crippen LogP contribution in [0.3, 0.4) is 0 Å². The zero-order valence-corrected chi connectivity index (χ0v) is 25.4. The number of anilines is 2. The minimum Gasteiger partial charge on any atom is -0.468 e. The number of hydrogen-bond donors (Lipinski definition) is 1. The highest BCUT2D eigenvalue weighted by atomic mass is 35.5. The Morgan fingerprint density at radius 3 is 1.74 bits per heavy atom. The minimum absolute atomic E-state index is 0.391. The maximum absolute atomic E-state index is 14.5. The van der Waals surface area contributed by atoms with E-state index in [1.165, 1.54) is 7.11 Å². The first-order valence-electron chi connectivity index (χ1n) is 14.0. The number of rotatable bonds is 14. The van der Waals surface area contributed by atoms with Crippen LogP contribution in [0.5, 0.6) is 0 Å². The molecule has 0 aromatic heterocycles. The Hall–Kier alpha value is -3.84. The highest BCUT2D eigenvalue weighted by Crippen LogP contribution is 2.50. The summed E-state index contributed by atoms with van der Waals surface area (Å²) in [6.07, 6.45) is 0. The summed E-state index contributed by atoms with van der Waals surface area (Å²) in [6.45, 7) is 4.62. The van der Waals surface area contributed by atoms with E-state index in [0.29, 0.717) is 31.3 Å². The SMILES string of the molecule is COCCN(CCOC)c1ccc([C@](C(=O)OC)(c2ccccc2)[C@@](C)(Nc2ccccc2)c2ccc(Cl)cc2)cc1. The van der Waals surface area contributed by atoms with Crippen LogP contribution in [-0.2, 0) is 30.0 Å². The minimum atomic E-state index is -1.31. The second-order valence-corrected chi connectivity index (χ2v) is 10.7. The molecule has 42 heavy (non-hydrogen) atoms. The van der Waals surface area contributed by atoms with Crippen LogP contribution in [0.4, 0.5) is 11.4 Å². The van der Waals surface area contributed by atoms with E-state index in [2.05, 4.69) is 10.2 Å². The van der Waals surface area contributed by atoms with Gasteiger partial charge in [-0.2, -0.15) is 0 Å². The summed E-state index contributed by atoms with van der Waals surface area (Å²) in [5.41, 5.74) is 1.97. The molecule has 4 aromatic carbocycles. The first kappa shape index (κ1) is 31.1. The maximum atomic E-state index is 14.5. The molecule has 0 aliphatic rings. The molecule has 0 amide bonds. The van der Waals surface area contributed by atoms with Crippen molar-refractivity contribution in [1.82, 2.24) is 0 Å². The number of hydrogen-bond acceptors (Lipinski definition) is 6. The molecule has 0 saturated carbocycles. The number of benzene rings is 4. The van der Waals surface area contributed by atoms with Crippen molar-refractivity contribution in [2.24, 2.45) is 0 Å². The fraction of sp³-hybridized carbons (Fsp3) is 0.286. The second kappa shape index (κ2) is 14.4. The van der Waals surface area contributed by atoms with Gasteiger partial charge in [0.1, 0.15) is 5.41 Å². The van der Waals surface area contributed by atoms with Gasteiger partial charge in [-0.15, -0.1) is 0 Å². The number of ether oxygens (including phenoxy) is 3. The number of nitrogens with one attached hydrogen (secondary N) is 1. The lowest BCUT2D eigenvalue weighted by atomic mass is 9.59. The molecule has 0 unspecified atom stereocenters. The molecule has 2 atom stereocenters. The number of esters is 1. The van der Waals surface area contributed by atoms with Gasteiger partial charge in [0.2, 0.25) is 0 Å². The normalized spacial score (nSPS) is 13.9. The molecule has 220 valence electrons. The van der Waals surface area contributed by atoms with Gasteiger partial charge in [-0.05, 0) is 60.0 Å². The highest BCUT2D eigenvalue weighted by Gasteiger charge is 2.58. The van der Waals surface area contributed by atoms with Crippen LogP contribution in [0.25, 0.3) is 0 Å². The van der Waals surface area contributed by atoms with Gasteiger partial charge in [0.15, 0.2) is 0 Å². The van der Waals surface area contributed by atoms with Gasteiger partial charge in [0, 0.05) is 43.7 Å². The van der Waals surface area contributed by atoms with Crippen molar-refractivity contribution in [3.05, 3.63) is 131 Å². The Bertz CT molecular complexity index is 1390. The fourth-order valence-corrected chi connectivity index (χ4v) is 5.82. The Morgan fingerprint density at radius 2 is 1.21 bits per heavy atom. The molecule has 4 aromatic rings. The lowest BCUT2D eigenvalue weighted by molar-refractivity contribution is -0.148. The Labute approximate surface area is 254 Å². The van der Waals surface area contributed by atoms with Crippen molar-refractivity contribution in [2.75, 3.05) is 57.8 Å². The highest BCUT2D eigenvalue weighted by molar-refractivity contribution is 6.30. The van der Waals surface area contributed by atoms with Gasteiger partial charge < -0.3 is 24.4 Å². The van der Waals surface area contributed by atoms with Gasteiger partial charge in [0.05, 0.1) is 25.9 Å². The van der Waals surface area contributed by atoms with Crippen LogP contribution in [0.15, 0.2) is 109 Å². The number of para-hydroxylation sites is 1. The van der Waals surface area contributed by atoms with E-state index in [1.807, 2.05) is 116 Å². The summed E-state index contributed by atoms with van der Waals surface area (Å²) in [7, 11) is 4.83. The van der Waals surface area contributed by atoms with Crippen LogP contribution in [0.1, 0.15) is 23.6 Å². The molecule has 7 heteroatoms. The van der Waals surface area contributed by atoms with E-state index in [4.69, 9.17) is 25.8 Å². The van der Waals surface area contributed by atoms with Crippen LogP contribution in [-0.4, -0.2) is 53.6 Å². The quantitative estimate of drug-likeness (QED) is 0.162. The smallest absolute Gasteiger partial charge is 0.323 e. The van der Waals surface area contributed by atoms with Crippen LogP contribution in [0, 0.1) is 0 Å². The monoisotopic (exact) mass is 586 g/mol. The first-order chi connectivity index (χ1) is 20.4. The number of halogens is 1. The number of carbonyl (C=O) groups excluding carboxylic acids is 1. The van der Waals surface area contributed by atoms with E-state index in [1.54, 1.807) is 14.2 Å². The molecule has 0 radical (unpaired) electrons. The van der Waals surface area contributed by atoms with E-state index < -0.39 is 16.9 Å². The van der Waals surface area contributed by atoms with Gasteiger partial charge >= 0.3 is 5.97 Å². The van der Waals surface area contributed by atoms with Crippen molar-refractivity contribution >= 4 is 28.9 Å². The standard InChI is InChI=1S/C35H39ClN2O4/c1-34(27-15-19-30(36)20-16-27,37-31-13-9-6-10-14-31)35(33(39)42-4,28-11-7-5-8-12-28)29-17-21-32(22-18-29)38(23-25-40-2)24-26-41-3/h5-22,37H,23-26H2,1-4H3/t34-,35-/m0/s1. The molecule has 0 bridgehead atoms. The maximum Gasteiger partial charge on any atom is 0.323 e. The first-order valence-corrected chi connectivity index (χ1v) is 14.3. The molecule has 6 nitrogen and oxygen atoms in total. The topological polar surface area (TPSA) is 60.0 Å². The van der Waals surface area contributed by atoms with E-state index in [9.17, 15) is 4.79 Å². The third-order valence-corrected chi connectivity index (χ3v) is 8.09. The fourth-order valence-electron chi connectivity index (χ4n) is 5.70. The zero-order chi connectivity index (χ0) is 30.0. The molecule has 1 N–H and O–H groups in total. The molecule has 0 saturated heterocycles. The molecule has 0 aliphatic carbocycles. The zero-order valence-electron chi connectivity index (χ0n) is 24.7. The van der Waals surface area contributed by atoms with Crippen molar-refractivity contribution in [1.29, 1.82) is 0 Å². The summed E-state index contributed by atoms with van der Waals surface area (Å²) in [5.74, 6) is -0.391. The second-order valence-electron chi connectivity index (χ2n) is 10.3. The molecule has 0 aliphatic heterocycles. The summed E-state index contributed by atoms with van der Waals surface area (Å²) >= 11 is 6.34. The van der Waals surface area contributed by atoms with Crippen molar-refractivity contribution in [2.45, 2.75) is 17.9 Å². The average molecular weight is 587 g/mol. The molecular formula is C35H39ClN2O4. The van der Waals surface area contributed by atoms with Crippen molar-refractivity contribution < 1.29 is 19.0 Å². The third-order valence-electron chi connectivity index (χ3n) is 7.83. The number of carbonyl (C=O) groups is 1. The van der Waals surface area contributed by atoms with Gasteiger partial charge in [-0.3, -0.25) is 4.79 Å². The summed E-state index contributed by atoms with van der Waals surface area (Å²) in [4.78, 5) is 16.7. The summed E-state index contributed by atoms with van der Waals surface area (Å²) in [6, 6.07) is 35.5. The van der Waals surface area contributed by atoms with Gasteiger partial charge in [-0.1, -0.05) is 84.4 Å². The van der Waals surface area contributed by atoms with Crippen LogP contribution in [0.2, 0.25) is 5.02 Å². The Balaban J connectivity index is 1.99.